The second-order valence-corrected chi connectivity index (χ2v) is 3.92. The third kappa shape index (κ3) is 4.82. The Kier molecular flexibility index (Phi) is 5.83. The van der Waals surface area contributed by atoms with E-state index in [1.165, 1.54) is 25.7 Å². The molecule has 0 fully saturated rings. The lowest BCUT2D eigenvalue weighted by Crippen LogP contribution is -1.86. The first kappa shape index (κ1) is 12.0. The molecule has 0 radical (unpaired) electrons. The van der Waals surface area contributed by atoms with E-state index in [1.807, 2.05) is 6.20 Å². The number of aromatic nitrogens is 2. The van der Waals surface area contributed by atoms with Crippen molar-refractivity contribution in [3.05, 3.63) is 29.9 Å². The van der Waals surface area contributed by atoms with Crippen LogP contribution in [0, 0.1) is 0 Å². The molecule has 0 spiro atoms. The van der Waals surface area contributed by atoms with Crippen molar-refractivity contribution in [1.29, 1.82) is 0 Å². The Morgan fingerprint density at radius 3 is 2.93 bits per heavy atom. The Balaban J connectivity index is 2.27. The molecule has 2 nitrogen and oxygen atoms in total. The minimum atomic E-state index is 1.05. The number of rotatable bonds is 7. The van der Waals surface area contributed by atoms with E-state index in [-0.39, 0.29) is 0 Å². The van der Waals surface area contributed by atoms with Crippen LogP contribution in [0.5, 0.6) is 0 Å². The van der Waals surface area contributed by atoms with Crippen LogP contribution in [0.1, 0.15) is 51.6 Å². The molecule has 0 aromatic carbocycles. The molecule has 0 aliphatic rings. The summed E-state index contributed by atoms with van der Waals surface area (Å²) in [5, 5.41) is 0. The lowest BCUT2D eigenvalue weighted by Gasteiger charge is -2.02. The van der Waals surface area contributed by atoms with Gasteiger partial charge in [-0.1, -0.05) is 31.9 Å². The van der Waals surface area contributed by atoms with E-state index in [4.69, 9.17) is 0 Å². The van der Waals surface area contributed by atoms with Crippen molar-refractivity contribution in [2.24, 2.45) is 0 Å². The van der Waals surface area contributed by atoms with Gasteiger partial charge in [-0.2, -0.15) is 0 Å². The molecule has 1 aromatic rings. The van der Waals surface area contributed by atoms with E-state index in [0.29, 0.717) is 0 Å². The highest BCUT2D eigenvalue weighted by Gasteiger charge is 1.95. The Morgan fingerprint density at radius 2 is 2.33 bits per heavy atom. The zero-order valence-electron chi connectivity index (χ0n) is 9.92. The molecule has 0 atom stereocenters. The molecule has 1 N–H and O–H groups in total. The van der Waals surface area contributed by atoms with Gasteiger partial charge in [0.2, 0.25) is 0 Å². The summed E-state index contributed by atoms with van der Waals surface area (Å²) in [5.74, 6) is 0. The second kappa shape index (κ2) is 7.27. The van der Waals surface area contributed by atoms with Crippen molar-refractivity contribution in [2.75, 3.05) is 0 Å². The van der Waals surface area contributed by atoms with E-state index in [0.717, 1.165) is 18.5 Å². The highest BCUT2D eigenvalue weighted by Crippen LogP contribution is 2.12. The maximum absolute atomic E-state index is 4.22. The number of allylic oxidation sites excluding steroid dienone is 2. The molecule has 0 bridgehead atoms. The van der Waals surface area contributed by atoms with Gasteiger partial charge in [0.25, 0.3) is 0 Å². The van der Waals surface area contributed by atoms with Gasteiger partial charge in [-0.3, -0.25) is 0 Å². The van der Waals surface area contributed by atoms with Gasteiger partial charge in [0.1, 0.15) is 0 Å². The minimum Gasteiger partial charge on any atom is -0.351 e. The molecule has 0 aliphatic carbocycles. The van der Waals surface area contributed by atoms with Crippen LogP contribution in [0.3, 0.4) is 0 Å². The predicted octanol–water partition coefficient (Wildman–Crippen LogP) is 3.87. The van der Waals surface area contributed by atoms with E-state index in [1.54, 1.807) is 11.9 Å². The average molecular weight is 206 g/mol. The van der Waals surface area contributed by atoms with Crippen molar-refractivity contribution in [1.82, 2.24) is 9.97 Å². The van der Waals surface area contributed by atoms with E-state index in [9.17, 15) is 0 Å². The zero-order chi connectivity index (χ0) is 10.9. The van der Waals surface area contributed by atoms with Crippen LogP contribution in [0.15, 0.2) is 24.2 Å². The lowest BCUT2D eigenvalue weighted by molar-refractivity contribution is 0.759. The van der Waals surface area contributed by atoms with E-state index < -0.39 is 0 Å². The van der Waals surface area contributed by atoms with Gasteiger partial charge >= 0.3 is 0 Å². The minimum absolute atomic E-state index is 1.05. The summed E-state index contributed by atoms with van der Waals surface area (Å²) in [4.78, 5) is 7.20. The molecular weight excluding hydrogens is 184 g/mol. The third-order valence-electron chi connectivity index (χ3n) is 2.69. The second-order valence-electron chi connectivity index (χ2n) is 3.92. The number of imidazole rings is 1. The Hall–Kier alpha value is -1.05. The number of nitrogens with one attached hydrogen (secondary N) is 1. The van der Waals surface area contributed by atoms with Crippen molar-refractivity contribution in [3.63, 3.8) is 0 Å². The van der Waals surface area contributed by atoms with Gasteiger partial charge in [-0.05, 0) is 32.1 Å². The zero-order valence-corrected chi connectivity index (χ0v) is 9.92. The molecule has 0 unspecified atom stereocenters. The largest absolute Gasteiger partial charge is 0.351 e. The van der Waals surface area contributed by atoms with Gasteiger partial charge in [0, 0.05) is 6.20 Å². The molecule has 1 heterocycles. The molecule has 0 saturated heterocycles. The first-order valence-electron chi connectivity index (χ1n) is 6.02. The van der Waals surface area contributed by atoms with Crippen LogP contribution >= 0.6 is 0 Å². The van der Waals surface area contributed by atoms with Gasteiger partial charge in [0.05, 0.1) is 12.0 Å². The topological polar surface area (TPSA) is 28.7 Å². The van der Waals surface area contributed by atoms with Crippen molar-refractivity contribution >= 4 is 0 Å². The summed E-state index contributed by atoms with van der Waals surface area (Å²) in [6.45, 7) is 4.49. The van der Waals surface area contributed by atoms with Crippen LogP contribution in [0.25, 0.3) is 0 Å². The predicted molar refractivity (Wildman–Crippen MR) is 64.8 cm³/mol. The Labute approximate surface area is 92.8 Å². The summed E-state index contributed by atoms with van der Waals surface area (Å²) in [6.07, 6.45) is 13.4. The maximum atomic E-state index is 4.22. The highest BCUT2D eigenvalue weighted by molar-refractivity contribution is 5.04. The number of unbranched alkanes of at least 4 members (excludes halogenated alkanes) is 1. The quantitative estimate of drug-likeness (QED) is 0.674. The van der Waals surface area contributed by atoms with Crippen molar-refractivity contribution < 1.29 is 0 Å². The standard InChI is InChI=1S/C13H22N2/c1-3-5-7-12(4-2)8-6-9-13-10-14-11-15-13/h8,10-11H,3-7,9H2,1-2H3,(H,14,15)/b12-8-. The number of hydrogen-bond acceptors (Lipinski definition) is 1. The summed E-state index contributed by atoms with van der Waals surface area (Å²) in [5.41, 5.74) is 2.77. The number of hydrogen-bond donors (Lipinski definition) is 1. The molecule has 84 valence electrons. The highest BCUT2D eigenvalue weighted by atomic mass is 14.9. The average Bonchev–Trinajstić information content (AvgIpc) is 2.76. The first-order chi connectivity index (χ1) is 7.36. The molecule has 0 aliphatic heterocycles. The monoisotopic (exact) mass is 206 g/mol. The Bertz CT molecular complexity index is 273. The molecule has 1 aromatic heterocycles. The van der Waals surface area contributed by atoms with Crippen LogP contribution in [0.4, 0.5) is 0 Å². The molecular formula is C13H22N2. The third-order valence-corrected chi connectivity index (χ3v) is 2.69. The van der Waals surface area contributed by atoms with Gasteiger partial charge < -0.3 is 4.98 Å². The fraction of sp³-hybridized carbons (Fsp3) is 0.615. The first-order valence-corrected chi connectivity index (χ1v) is 6.02. The maximum Gasteiger partial charge on any atom is 0.0923 e. The van der Waals surface area contributed by atoms with Gasteiger partial charge in [-0.15, -0.1) is 0 Å². The fourth-order valence-corrected chi connectivity index (χ4v) is 1.68. The number of aromatic amines is 1. The number of H-pyrrole nitrogens is 1. The van der Waals surface area contributed by atoms with Crippen LogP contribution in [-0.4, -0.2) is 9.97 Å². The molecule has 2 heteroatoms. The summed E-state index contributed by atoms with van der Waals surface area (Å²) in [7, 11) is 0. The van der Waals surface area contributed by atoms with E-state index in [2.05, 4.69) is 29.9 Å². The van der Waals surface area contributed by atoms with Gasteiger partial charge in [0.15, 0.2) is 0 Å². The molecule has 1 rings (SSSR count). The van der Waals surface area contributed by atoms with Crippen LogP contribution in [0.2, 0.25) is 0 Å². The normalized spacial score (nSPS) is 12.0. The number of aryl methyl sites for hydroxylation is 1. The summed E-state index contributed by atoms with van der Waals surface area (Å²) >= 11 is 0. The van der Waals surface area contributed by atoms with Crippen molar-refractivity contribution in [2.45, 2.75) is 52.4 Å². The van der Waals surface area contributed by atoms with Gasteiger partial charge in [-0.25, -0.2) is 4.98 Å². The SMILES string of the molecule is CCCC/C(=C\CCc1c[nH]cn1)CC. The smallest absolute Gasteiger partial charge is 0.0923 e. The molecule has 15 heavy (non-hydrogen) atoms. The number of nitrogens with zero attached hydrogens (tertiary/aromatic N) is 1. The van der Waals surface area contributed by atoms with Crippen molar-refractivity contribution in [3.8, 4) is 0 Å². The Morgan fingerprint density at radius 1 is 1.47 bits per heavy atom. The van der Waals surface area contributed by atoms with Crippen LogP contribution < -0.4 is 0 Å². The summed E-state index contributed by atoms with van der Waals surface area (Å²) in [6, 6.07) is 0. The summed E-state index contributed by atoms with van der Waals surface area (Å²) < 4.78 is 0. The van der Waals surface area contributed by atoms with Crippen LogP contribution in [-0.2, 0) is 6.42 Å². The molecule has 0 amide bonds. The fourth-order valence-electron chi connectivity index (χ4n) is 1.68. The van der Waals surface area contributed by atoms with E-state index >= 15 is 0 Å². The molecule has 0 saturated carbocycles. The lowest BCUT2D eigenvalue weighted by atomic mass is 10.0.